The van der Waals surface area contributed by atoms with Crippen molar-refractivity contribution in [2.45, 2.75) is 13.8 Å². The van der Waals surface area contributed by atoms with Crippen molar-refractivity contribution in [2.24, 2.45) is 0 Å². The van der Waals surface area contributed by atoms with Gasteiger partial charge < -0.3 is 0 Å². The molecule has 1 rings (SSSR count). The van der Waals surface area contributed by atoms with Gasteiger partial charge in [0.25, 0.3) is 0 Å². The monoisotopic (exact) mass is 133 g/mol. The van der Waals surface area contributed by atoms with Gasteiger partial charge in [-0.2, -0.15) is 0 Å². The Morgan fingerprint density at radius 1 is 1.40 bits per heavy atom. The van der Waals surface area contributed by atoms with E-state index >= 15 is 0 Å². The number of hydrogen-bond acceptors (Lipinski definition) is 1. The fourth-order valence-corrected chi connectivity index (χ4v) is 0.977. The average Bonchev–Trinajstić information content (AvgIpc) is 1.85. The Morgan fingerprint density at radius 2 is 2.10 bits per heavy atom. The van der Waals surface area contributed by atoms with Gasteiger partial charge in [0.05, 0.1) is 5.69 Å². The summed E-state index contributed by atoms with van der Waals surface area (Å²) >= 11 is 0. The Hall–Kier alpha value is -1.11. The zero-order valence-corrected chi connectivity index (χ0v) is 6.39. The molecular weight excluding hydrogens is 122 g/mol. The zero-order valence-electron chi connectivity index (χ0n) is 6.39. The fourth-order valence-electron chi connectivity index (χ4n) is 0.977. The van der Waals surface area contributed by atoms with Crippen LogP contribution in [0.3, 0.4) is 0 Å². The van der Waals surface area contributed by atoms with Crippen LogP contribution >= 0.6 is 0 Å². The van der Waals surface area contributed by atoms with Crippen molar-refractivity contribution >= 4 is 6.08 Å². The lowest BCUT2D eigenvalue weighted by atomic mass is 10.2. The molecule has 0 fully saturated rings. The quantitative estimate of drug-likeness (QED) is 0.573. The van der Waals surface area contributed by atoms with Gasteiger partial charge in [0, 0.05) is 5.69 Å². The molecule has 0 atom stereocenters. The normalized spacial score (nSPS) is 9.40. The molecule has 0 saturated carbocycles. The van der Waals surface area contributed by atoms with Crippen LogP contribution in [0.1, 0.15) is 17.0 Å². The van der Waals surface area contributed by atoms with E-state index in [1.807, 2.05) is 19.1 Å². The Kier molecular flexibility index (Phi) is 1.86. The van der Waals surface area contributed by atoms with E-state index in [0.29, 0.717) is 0 Å². The Labute approximate surface area is 61.4 Å². The first kappa shape index (κ1) is 7.00. The maximum atomic E-state index is 4.23. The zero-order chi connectivity index (χ0) is 7.56. The lowest BCUT2D eigenvalue weighted by Crippen LogP contribution is -1.86. The Morgan fingerprint density at radius 3 is 2.60 bits per heavy atom. The summed E-state index contributed by atoms with van der Waals surface area (Å²) in [6.45, 7) is 7.69. The van der Waals surface area contributed by atoms with Crippen LogP contribution in [0, 0.1) is 13.8 Å². The molecule has 52 valence electrons. The molecule has 0 unspecified atom stereocenters. The minimum absolute atomic E-state index is 0.956. The molecule has 0 radical (unpaired) electrons. The van der Waals surface area contributed by atoms with Crippen molar-refractivity contribution in [1.82, 2.24) is 4.98 Å². The summed E-state index contributed by atoms with van der Waals surface area (Å²) in [6, 6.07) is 4.06. The molecule has 1 heterocycles. The highest BCUT2D eigenvalue weighted by Gasteiger charge is 1.90. The number of nitrogens with zero attached hydrogens (tertiary/aromatic N) is 1. The van der Waals surface area contributed by atoms with E-state index in [2.05, 4.69) is 18.5 Å². The molecule has 0 aliphatic heterocycles. The molecule has 0 spiro atoms. The standard InChI is InChI=1S/C9H11N/c1-4-9-6-7(2)5-8(3)10-9/h4-6H,1H2,2-3H3. The summed E-state index contributed by atoms with van der Waals surface area (Å²) in [6.07, 6.45) is 1.76. The molecule has 1 nitrogen and oxygen atoms in total. The van der Waals surface area contributed by atoms with Gasteiger partial charge in [0.15, 0.2) is 0 Å². The smallest absolute Gasteiger partial charge is 0.0629 e. The maximum absolute atomic E-state index is 4.23. The summed E-state index contributed by atoms with van der Waals surface area (Å²) in [5.41, 5.74) is 3.25. The van der Waals surface area contributed by atoms with Crippen LogP contribution in [0.2, 0.25) is 0 Å². The number of aryl methyl sites for hydroxylation is 2. The molecule has 0 aliphatic carbocycles. The van der Waals surface area contributed by atoms with E-state index in [1.54, 1.807) is 6.08 Å². The van der Waals surface area contributed by atoms with Crippen molar-refractivity contribution < 1.29 is 0 Å². The van der Waals surface area contributed by atoms with Crippen molar-refractivity contribution in [3.63, 3.8) is 0 Å². The maximum Gasteiger partial charge on any atom is 0.0629 e. The second-order valence-electron chi connectivity index (χ2n) is 2.41. The molecule has 10 heavy (non-hydrogen) atoms. The van der Waals surface area contributed by atoms with Crippen molar-refractivity contribution in [2.75, 3.05) is 0 Å². The van der Waals surface area contributed by atoms with Gasteiger partial charge in [0.1, 0.15) is 0 Å². The minimum Gasteiger partial charge on any atom is -0.254 e. The predicted octanol–water partition coefficient (Wildman–Crippen LogP) is 2.34. The highest BCUT2D eigenvalue weighted by atomic mass is 14.7. The minimum atomic E-state index is 0.956. The molecule has 0 bridgehead atoms. The third kappa shape index (κ3) is 1.44. The first-order valence-corrected chi connectivity index (χ1v) is 3.30. The SMILES string of the molecule is C=Cc1cc(C)cc(C)n1. The second-order valence-corrected chi connectivity index (χ2v) is 2.41. The Balaban J connectivity index is 3.18. The van der Waals surface area contributed by atoms with Gasteiger partial charge in [-0.3, -0.25) is 4.98 Å². The molecule has 0 aromatic carbocycles. The van der Waals surface area contributed by atoms with E-state index in [4.69, 9.17) is 0 Å². The number of rotatable bonds is 1. The van der Waals surface area contributed by atoms with Crippen LogP contribution < -0.4 is 0 Å². The van der Waals surface area contributed by atoms with Crippen LogP contribution in [0.25, 0.3) is 6.08 Å². The number of aromatic nitrogens is 1. The molecule has 0 aliphatic rings. The molecule has 1 heteroatoms. The summed E-state index contributed by atoms with van der Waals surface area (Å²) in [4.78, 5) is 4.23. The van der Waals surface area contributed by atoms with Gasteiger partial charge >= 0.3 is 0 Å². The third-order valence-electron chi connectivity index (χ3n) is 1.33. The van der Waals surface area contributed by atoms with Crippen LogP contribution in [0.4, 0.5) is 0 Å². The lowest BCUT2D eigenvalue weighted by molar-refractivity contribution is 1.16. The molecule has 0 saturated heterocycles. The highest BCUT2D eigenvalue weighted by molar-refractivity contribution is 5.43. The van der Waals surface area contributed by atoms with Crippen LogP contribution in [0.15, 0.2) is 18.7 Å². The number of hydrogen-bond donors (Lipinski definition) is 0. The van der Waals surface area contributed by atoms with Gasteiger partial charge in [-0.15, -0.1) is 0 Å². The van der Waals surface area contributed by atoms with Crippen molar-refractivity contribution in [1.29, 1.82) is 0 Å². The van der Waals surface area contributed by atoms with E-state index in [0.717, 1.165) is 11.4 Å². The third-order valence-corrected chi connectivity index (χ3v) is 1.33. The average molecular weight is 133 g/mol. The van der Waals surface area contributed by atoms with Crippen LogP contribution in [0.5, 0.6) is 0 Å². The molecule has 0 N–H and O–H groups in total. The van der Waals surface area contributed by atoms with Crippen LogP contribution in [-0.2, 0) is 0 Å². The first-order chi connectivity index (χ1) is 4.72. The highest BCUT2D eigenvalue weighted by Crippen LogP contribution is 2.04. The topological polar surface area (TPSA) is 12.9 Å². The van der Waals surface area contributed by atoms with E-state index in [-0.39, 0.29) is 0 Å². The largest absolute Gasteiger partial charge is 0.254 e. The predicted molar refractivity (Wildman–Crippen MR) is 43.8 cm³/mol. The second kappa shape index (κ2) is 2.65. The van der Waals surface area contributed by atoms with Crippen molar-refractivity contribution in [3.05, 3.63) is 35.7 Å². The summed E-state index contributed by atoms with van der Waals surface area (Å²) < 4.78 is 0. The molecule has 1 aromatic rings. The van der Waals surface area contributed by atoms with E-state index in [1.165, 1.54) is 5.56 Å². The summed E-state index contributed by atoms with van der Waals surface area (Å²) in [5, 5.41) is 0. The summed E-state index contributed by atoms with van der Waals surface area (Å²) in [5.74, 6) is 0. The number of pyridine rings is 1. The van der Waals surface area contributed by atoms with Crippen LogP contribution in [-0.4, -0.2) is 4.98 Å². The van der Waals surface area contributed by atoms with Gasteiger partial charge in [-0.1, -0.05) is 6.58 Å². The lowest BCUT2D eigenvalue weighted by Gasteiger charge is -1.97. The fraction of sp³-hybridized carbons (Fsp3) is 0.222. The van der Waals surface area contributed by atoms with Crippen molar-refractivity contribution in [3.8, 4) is 0 Å². The van der Waals surface area contributed by atoms with Gasteiger partial charge in [-0.25, -0.2) is 0 Å². The molecule has 1 aromatic heterocycles. The van der Waals surface area contributed by atoms with Gasteiger partial charge in [-0.05, 0) is 37.6 Å². The first-order valence-electron chi connectivity index (χ1n) is 3.30. The van der Waals surface area contributed by atoms with E-state index < -0.39 is 0 Å². The van der Waals surface area contributed by atoms with Gasteiger partial charge in [0.2, 0.25) is 0 Å². The molecular formula is C9H11N. The summed E-state index contributed by atoms with van der Waals surface area (Å²) in [7, 11) is 0. The molecule has 0 amide bonds. The van der Waals surface area contributed by atoms with E-state index in [9.17, 15) is 0 Å². The Bertz CT molecular complexity index is 231.